The molecule has 0 amide bonds. The van der Waals surface area contributed by atoms with E-state index in [1.807, 2.05) is 0 Å². The zero-order chi connectivity index (χ0) is 15.1. The van der Waals surface area contributed by atoms with Crippen LogP contribution in [0.4, 0.5) is 14.5 Å². The third kappa shape index (κ3) is 3.91. The maximum absolute atomic E-state index is 13.7. The van der Waals surface area contributed by atoms with Crippen molar-refractivity contribution < 1.29 is 27.8 Å². The molecule has 5 nitrogen and oxygen atoms in total. The highest BCUT2D eigenvalue weighted by Gasteiger charge is 2.19. The van der Waals surface area contributed by atoms with Crippen molar-refractivity contribution >= 4 is 17.6 Å². The Labute approximate surface area is 114 Å². The molecule has 1 aromatic rings. The van der Waals surface area contributed by atoms with Crippen molar-refractivity contribution in [2.24, 2.45) is 0 Å². The number of rotatable bonds is 6. The van der Waals surface area contributed by atoms with Crippen LogP contribution >= 0.6 is 0 Å². The number of hydrogen-bond donors (Lipinski definition) is 1. The first-order valence-corrected chi connectivity index (χ1v) is 5.97. The first kappa shape index (κ1) is 15.9. The molecule has 0 saturated heterocycles. The fourth-order valence-electron chi connectivity index (χ4n) is 1.49. The summed E-state index contributed by atoms with van der Waals surface area (Å²) in [5.41, 5.74) is -0.625. The van der Waals surface area contributed by atoms with Gasteiger partial charge >= 0.3 is 11.9 Å². The van der Waals surface area contributed by atoms with Gasteiger partial charge in [0.15, 0.2) is 11.6 Å². The van der Waals surface area contributed by atoms with Crippen molar-refractivity contribution in [1.82, 2.24) is 0 Å². The van der Waals surface area contributed by atoms with E-state index in [1.165, 1.54) is 6.07 Å². The SMILES string of the molecule is CCOC(=O)CCNc1ccc(C(=O)OC)c(F)c1F. The molecule has 0 heterocycles. The molecule has 0 aromatic heterocycles. The van der Waals surface area contributed by atoms with Crippen LogP contribution in [0.25, 0.3) is 0 Å². The largest absolute Gasteiger partial charge is 0.466 e. The minimum absolute atomic E-state index is 0.0215. The zero-order valence-electron chi connectivity index (χ0n) is 11.2. The van der Waals surface area contributed by atoms with E-state index in [4.69, 9.17) is 4.74 Å². The first-order valence-electron chi connectivity index (χ1n) is 5.97. The summed E-state index contributed by atoms with van der Waals surface area (Å²) < 4.78 is 36.3. The first-order chi connectivity index (χ1) is 9.51. The second-order valence-corrected chi connectivity index (χ2v) is 3.76. The summed E-state index contributed by atoms with van der Waals surface area (Å²) in [7, 11) is 1.07. The number of carbonyl (C=O) groups is 2. The summed E-state index contributed by atoms with van der Waals surface area (Å²) in [5, 5.41) is 2.56. The molecule has 110 valence electrons. The lowest BCUT2D eigenvalue weighted by atomic mass is 10.1. The maximum Gasteiger partial charge on any atom is 0.340 e. The van der Waals surface area contributed by atoms with E-state index in [0.29, 0.717) is 0 Å². The number of esters is 2. The smallest absolute Gasteiger partial charge is 0.340 e. The van der Waals surface area contributed by atoms with E-state index in [2.05, 4.69) is 10.1 Å². The van der Waals surface area contributed by atoms with Gasteiger partial charge in [0.05, 0.1) is 31.4 Å². The molecule has 0 aliphatic carbocycles. The predicted molar refractivity (Wildman–Crippen MR) is 67.4 cm³/mol. The fourth-order valence-corrected chi connectivity index (χ4v) is 1.49. The van der Waals surface area contributed by atoms with Crippen LogP contribution in [0.5, 0.6) is 0 Å². The Balaban J connectivity index is 2.71. The van der Waals surface area contributed by atoms with Crippen molar-refractivity contribution in [3.63, 3.8) is 0 Å². The van der Waals surface area contributed by atoms with Gasteiger partial charge in [-0.15, -0.1) is 0 Å². The van der Waals surface area contributed by atoms with Crippen LogP contribution in [-0.4, -0.2) is 32.2 Å². The Hall–Kier alpha value is -2.18. The summed E-state index contributed by atoms with van der Waals surface area (Å²) in [6, 6.07) is 2.31. The molecule has 0 aliphatic rings. The number of methoxy groups -OCH3 is 1. The van der Waals surface area contributed by atoms with Gasteiger partial charge in [0.2, 0.25) is 0 Å². The highest BCUT2D eigenvalue weighted by molar-refractivity contribution is 5.90. The standard InChI is InChI=1S/C13H15F2NO4/c1-3-20-10(17)6-7-16-9-5-4-8(13(18)19-2)11(14)12(9)15/h4-5,16H,3,6-7H2,1-2H3. The van der Waals surface area contributed by atoms with E-state index in [-0.39, 0.29) is 25.3 Å². The number of nitrogens with one attached hydrogen (secondary N) is 1. The van der Waals surface area contributed by atoms with E-state index < -0.39 is 29.1 Å². The summed E-state index contributed by atoms with van der Waals surface area (Å²) in [4.78, 5) is 22.2. The minimum atomic E-state index is -1.29. The van der Waals surface area contributed by atoms with E-state index in [0.717, 1.165) is 13.2 Å². The molecular weight excluding hydrogens is 272 g/mol. The van der Waals surface area contributed by atoms with E-state index in [1.54, 1.807) is 6.92 Å². The number of halogens is 2. The Bertz CT molecular complexity index is 505. The van der Waals surface area contributed by atoms with Crippen LogP contribution < -0.4 is 5.32 Å². The number of hydrogen-bond acceptors (Lipinski definition) is 5. The summed E-state index contributed by atoms with van der Waals surface area (Å²) in [5.74, 6) is -3.89. The Morgan fingerprint density at radius 3 is 2.55 bits per heavy atom. The molecule has 0 spiro atoms. The lowest BCUT2D eigenvalue weighted by molar-refractivity contribution is -0.142. The van der Waals surface area contributed by atoms with Crippen molar-refractivity contribution in [2.75, 3.05) is 25.6 Å². The van der Waals surface area contributed by atoms with Crippen molar-refractivity contribution in [1.29, 1.82) is 0 Å². The number of anilines is 1. The molecule has 7 heteroatoms. The molecule has 1 aromatic carbocycles. The van der Waals surface area contributed by atoms with Crippen molar-refractivity contribution in [2.45, 2.75) is 13.3 Å². The molecule has 20 heavy (non-hydrogen) atoms. The molecule has 1 N–H and O–H groups in total. The zero-order valence-corrected chi connectivity index (χ0v) is 11.2. The molecule has 0 radical (unpaired) electrons. The second-order valence-electron chi connectivity index (χ2n) is 3.76. The van der Waals surface area contributed by atoms with Crippen LogP contribution in [0.1, 0.15) is 23.7 Å². The summed E-state index contributed by atoms with van der Waals surface area (Å²) in [6.45, 7) is 2.02. The predicted octanol–water partition coefficient (Wildman–Crippen LogP) is 2.12. The lowest BCUT2D eigenvalue weighted by Gasteiger charge is -2.09. The van der Waals surface area contributed by atoms with Crippen molar-refractivity contribution in [3.8, 4) is 0 Å². The lowest BCUT2D eigenvalue weighted by Crippen LogP contribution is -2.13. The maximum atomic E-state index is 13.7. The molecule has 1 rings (SSSR count). The summed E-state index contributed by atoms with van der Waals surface area (Å²) in [6.07, 6.45) is 0.0215. The van der Waals surface area contributed by atoms with Crippen molar-refractivity contribution in [3.05, 3.63) is 29.3 Å². The normalized spacial score (nSPS) is 10.0. The third-order valence-corrected chi connectivity index (χ3v) is 2.44. The molecule has 0 atom stereocenters. The molecule has 0 unspecified atom stereocenters. The Kier molecular flexibility index (Phi) is 5.89. The van der Waals surface area contributed by atoms with Gasteiger partial charge in [0, 0.05) is 6.54 Å². The molecular formula is C13H15F2NO4. The van der Waals surface area contributed by atoms with E-state index in [9.17, 15) is 18.4 Å². The van der Waals surface area contributed by atoms with Gasteiger partial charge in [-0.05, 0) is 19.1 Å². The van der Waals surface area contributed by atoms with Gasteiger partial charge in [-0.1, -0.05) is 0 Å². The van der Waals surface area contributed by atoms with Gasteiger partial charge in [-0.25, -0.2) is 13.6 Å². The van der Waals surface area contributed by atoms with Crippen LogP contribution in [0, 0.1) is 11.6 Å². The van der Waals surface area contributed by atoms with E-state index >= 15 is 0 Å². The monoisotopic (exact) mass is 287 g/mol. The Morgan fingerprint density at radius 1 is 1.25 bits per heavy atom. The van der Waals surface area contributed by atoms with Gasteiger partial charge in [-0.2, -0.15) is 0 Å². The highest BCUT2D eigenvalue weighted by atomic mass is 19.2. The quantitative estimate of drug-likeness (QED) is 0.812. The highest BCUT2D eigenvalue weighted by Crippen LogP contribution is 2.21. The van der Waals surface area contributed by atoms with Gasteiger partial charge in [-0.3, -0.25) is 4.79 Å². The number of carbonyl (C=O) groups excluding carboxylic acids is 2. The topological polar surface area (TPSA) is 64.6 Å². The molecule has 0 saturated carbocycles. The van der Waals surface area contributed by atoms with Crippen LogP contribution in [0.2, 0.25) is 0 Å². The Morgan fingerprint density at radius 2 is 1.95 bits per heavy atom. The fraction of sp³-hybridized carbons (Fsp3) is 0.385. The van der Waals surface area contributed by atoms with Crippen LogP contribution in [0.3, 0.4) is 0 Å². The average molecular weight is 287 g/mol. The number of ether oxygens (including phenoxy) is 2. The summed E-state index contributed by atoms with van der Waals surface area (Å²) >= 11 is 0. The third-order valence-electron chi connectivity index (χ3n) is 2.44. The molecule has 0 bridgehead atoms. The molecule has 0 fully saturated rings. The van der Waals surface area contributed by atoms with Gasteiger partial charge in [0.1, 0.15) is 0 Å². The minimum Gasteiger partial charge on any atom is -0.466 e. The van der Waals surface area contributed by atoms with Gasteiger partial charge in [0.25, 0.3) is 0 Å². The van der Waals surface area contributed by atoms with Crippen LogP contribution in [0.15, 0.2) is 12.1 Å². The average Bonchev–Trinajstić information content (AvgIpc) is 2.43. The van der Waals surface area contributed by atoms with Crippen LogP contribution in [-0.2, 0) is 14.3 Å². The molecule has 0 aliphatic heterocycles. The number of benzene rings is 1. The van der Waals surface area contributed by atoms with Gasteiger partial charge < -0.3 is 14.8 Å². The second kappa shape index (κ2) is 7.42.